The number of benzene rings is 2. The van der Waals surface area contributed by atoms with Crippen LogP contribution in [0.4, 0.5) is 0 Å². The second-order valence-corrected chi connectivity index (χ2v) is 5.89. The molecule has 3 nitrogen and oxygen atoms in total. The zero-order valence-electron chi connectivity index (χ0n) is 12.4. The molecule has 1 amide bonds. The van der Waals surface area contributed by atoms with Crippen molar-refractivity contribution in [3.05, 3.63) is 68.7 Å². The van der Waals surface area contributed by atoms with Crippen LogP contribution in [0.5, 0.6) is 0 Å². The number of carbonyl (C=O) groups is 1. The fourth-order valence-electron chi connectivity index (χ4n) is 2.03. The summed E-state index contributed by atoms with van der Waals surface area (Å²) in [7, 11) is 0. The highest BCUT2D eigenvalue weighted by Gasteiger charge is 2.05. The lowest BCUT2D eigenvalue weighted by Gasteiger charge is -2.05. The molecule has 0 fully saturated rings. The molecule has 0 bridgehead atoms. The minimum atomic E-state index is -0.164. The highest BCUT2D eigenvalue weighted by molar-refractivity contribution is 6.42. The summed E-state index contributed by atoms with van der Waals surface area (Å²) in [6.45, 7) is 4.02. The van der Waals surface area contributed by atoms with Gasteiger partial charge in [0.1, 0.15) is 0 Å². The Morgan fingerprint density at radius 2 is 1.91 bits per heavy atom. The van der Waals surface area contributed by atoms with Crippen molar-refractivity contribution in [2.45, 2.75) is 20.3 Å². The Balaban J connectivity index is 1.94. The number of hydrogen-bond donors (Lipinski definition) is 1. The molecule has 5 heteroatoms. The molecule has 114 valence electrons. The first kappa shape index (κ1) is 16.5. The van der Waals surface area contributed by atoms with Crippen LogP contribution in [0, 0.1) is 13.8 Å². The van der Waals surface area contributed by atoms with E-state index in [0.717, 1.165) is 16.7 Å². The maximum Gasteiger partial charge on any atom is 0.244 e. The summed E-state index contributed by atoms with van der Waals surface area (Å²) >= 11 is 11.7. The van der Waals surface area contributed by atoms with Crippen molar-refractivity contribution in [1.82, 2.24) is 5.43 Å². The zero-order valence-corrected chi connectivity index (χ0v) is 13.9. The standard InChI is InChI=1S/C17H16Cl2N2O/c1-11-3-5-14(12(2)7-11)9-17(22)21-20-10-13-4-6-15(18)16(19)8-13/h3-8,10H,9H2,1-2H3,(H,21,22)/b20-10+. The van der Waals surface area contributed by atoms with E-state index in [1.165, 1.54) is 11.8 Å². The molecular formula is C17H16Cl2N2O. The number of nitrogens with zero attached hydrogens (tertiary/aromatic N) is 1. The van der Waals surface area contributed by atoms with Gasteiger partial charge in [0, 0.05) is 0 Å². The van der Waals surface area contributed by atoms with Crippen LogP contribution in [0.2, 0.25) is 10.0 Å². The first-order chi connectivity index (χ1) is 10.5. The summed E-state index contributed by atoms with van der Waals surface area (Å²) in [6, 6.07) is 11.2. The quantitative estimate of drug-likeness (QED) is 0.657. The summed E-state index contributed by atoms with van der Waals surface area (Å²) < 4.78 is 0. The van der Waals surface area contributed by atoms with Gasteiger partial charge < -0.3 is 0 Å². The second kappa shape index (κ2) is 7.43. The number of aryl methyl sites for hydroxylation is 2. The highest BCUT2D eigenvalue weighted by atomic mass is 35.5. The van der Waals surface area contributed by atoms with Gasteiger partial charge in [-0.15, -0.1) is 0 Å². The van der Waals surface area contributed by atoms with E-state index in [4.69, 9.17) is 23.2 Å². The van der Waals surface area contributed by atoms with Crippen LogP contribution in [0.25, 0.3) is 0 Å². The summed E-state index contributed by atoms with van der Waals surface area (Å²) in [4.78, 5) is 11.9. The summed E-state index contributed by atoms with van der Waals surface area (Å²) in [5, 5.41) is 4.86. The van der Waals surface area contributed by atoms with Crippen molar-refractivity contribution in [2.24, 2.45) is 5.10 Å². The van der Waals surface area contributed by atoms with Crippen molar-refractivity contribution in [3.8, 4) is 0 Å². The second-order valence-electron chi connectivity index (χ2n) is 5.07. The van der Waals surface area contributed by atoms with Gasteiger partial charge in [-0.25, -0.2) is 5.43 Å². The first-order valence-corrected chi connectivity index (χ1v) is 7.54. The topological polar surface area (TPSA) is 41.5 Å². The van der Waals surface area contributed by atoms with E-state index in [2.05, 4.69) is 16.6 Å². The average molecular weight is 335 g/mol. The lowest BCUT2D eigenvalue weighted by Crippen LogP contribution is -2.20. The molecule has 2 aromatic rings. The monoisotopic (exact) mass is 334 g/mol. The van der Waals surface area contributed by atoms with Crippen LogP contribution in [0.15, 0.2) is 41.5 Å². The molecule has 0 atom stereocenters. The lowest BCUT2D eigenvalue weighted by atomic mass is 10.0. The van der Waals surface area contributed by atoms with Crippen molar-refractivity contribution in [2.75, 3.05) is 0 Å². The lowest BCUT2D eigenvalue weighted by molar-refractivity contribution is -0.120. The van der Waals surface area contributed by atoms with Crippen LogP contribution in [-0.4, -0.2) is 12.1 Å². The smallest absolute Gasteiger partial charge is 0.244 e. The Hall–Kier alpha value is -1.84. The molecule has 0 spiro atoms. The van der Waals surface area contributed by atoms with Crippen molar-refractivity contribution < 1.29 is 4.79 Å². The van der Waals surface area contributed by atoms with E-state index < -0.39 is 0 Å². The Morgan fingerprint density at radius 3 is 2.59 bits per heavy atom. The number of carbonyl (C=O) groups excluding carboxylic acids is 1. The number of hydrazone groups is 1. The van der Waals surface area contributed by atoms with Crippen LogP contribution in [0.3, 0.4) is 0 Å². The number of amides is 1. The molecule has 0 saturated carbocycles. The summed E-state index contributed by atoms with van der Waals surface area (Å²) in [5.41, 5.74) is 6.55. The fourth-order valence-corrected chi connectivity index (χ4v) is 2.33. The SMILES string of the molecule is Cc1ccc(CC(=O)N/N=C/c2ccc(Cl)c(Cl)c2)c(C)c1. The van der Waals surface area contributed by atoms with Crippen LogP contribution in [0.1, 0.15) is 22.3 Å². The predicted octanol–water partition coefficient (Wildman–Crippen LogP) is 4.30. The molecule has 0 aliphatic heterocycles. The van der Waals surface area contributed by atoms with Crippen molar-refractivity contribution >= 4 is 35.3 Å². The van der Waals surface area contributed by atoms with Gasteiger partial charge in [0.2, 0.25) is 5.91 Å². The van der Waals surface area contributed by atoms with Gasteiger partial charge in [-0.1, -0.05) is 53.0 Å². The minimum Gasteiger partial charge on any atom is -0.273 e. The third-order valence-electron chi connectivity index (χ3n) is 3.20. The number of rotatable bonds is 4. The zero-order chi connectivity index (χ0) is 16.1. The summed E-state index contributed by atoms with van der Waals surface area (Å²) in [6.07, 6.45) is 1.83. The molecule has 0 aliphatic rings. The molecule has 2 aromatic carbocycles. The molecule has 0 heterocycles. The minimum absolute atomic E-state index is 0.164. The number of halogens is 2. The van der Waals surface area contributed by atoms with E-state index in [9.17, 15) is 4.79 Å². The Labute approximate surface area is 139 Å². The van der Waals surface area contributed by atoms with E-state index >= 15 is 0 Å². The number of hydrogen-bond acceptors (Lipinski definition) is 2. The predicted molar refractivity (Wildman–Crippen MR) is 91.8 cm³/mol. The number of nitrogens with one attached hydrogen (secondary N) is 1. The maximum absolute atomic E-state index is 11.9. The molecule has 2 rings (SSSR count). The van der Waals surface area contributed by atoms with Gasteiger partial charge in [-0.2, -0.15) is 5.10 Å². The van der Waals surface area contributed by atoms with Gasteiger partial charge in [0.05, 0.1) is 22.7 Å². The summed E-state index contributed by atoms with van der Waals surface area (Å²) in [5.74, 6) is -0.164. The van der Waals surface area contributed by atoms with E-state index in [1.54, 1.807) is 18.2 Å². The third kappa shape index (κ3) is 4.58. The Morgan fingerprint density at radius 1 is 1.14 bits per heavy atom. The van der Waals surface area contributed by atoms with Gasteiger partial charge in [0.25, 0.3) is 0 Å². The van der Waals surface area contributed by atoms with Crippen LogP contribution >= 0.6 is 23.2 Å². The fraction of sp³-hybridized carbons (Fsp3) is 0.176. The normalized spacial score (nSPS) is 10.9. The Bertz CT molecular complexity index is 727. The highest BCUT2D eigenvalue weighted by Crippen LogP contribution is 2.21. The van der Waals surface area contributed by atoms with Gasteiger partial charge >= 0.3 is 0 Å². The molecule has 0 radical (unpaired) electrons. The first-order valence-electron chi connectivity index (χ1n) is 6.79. The van der Waals surface area contributed by atoms with Crippen LogP contribution < -0.4 is 5.43 Å². The molecule has 0 aliphatic carbocycles. The molecule has 0 aromatic heterocycles. The molecule has 1 N–H and O–H groups in total. The largest absolute Gasteiger partial charge is 0.273 e. The average Bonchev–Trinajstić information content (AvgIpc) is 2.46. The van der Waals surface area contributed by atoms with E-state index in [0.29, 0.717) is 16.5 Å². The third-order valence-corrected chi connectivity index (χ3v) is 3.93. The molecule has 0 unspecified atom stereocenters. The van der Waals surface area contributed by atoms with Crippen LogP contribution in [-0.2, 0) is 11.2 Å². The molecule has 22 heavy (non-hydrogen) atoms. The van der Waals surface area contributed by atoms with Gasteiger partial charge in [0.15, 0.2) is 0 Å². The van der Waals surface area contributed by atoms with Gasteiger partial charge in [-0.3, -0.25) is 4.79 Å². The molecule has 0 saturated heterocycles. The maximum atomic E-state index is 11.9. The van der Waals surface area contributed by atoms with Gasteiger partial charge in [-0.05, 0) is 42.7 Å². The Kier molecular flexibility index (Phi) is 5.58. The van der Waals surface area contributed by atoms with E-state index in [1.807, 2.05) is 26.0 Å². The van der Waals surface area contributed by atoms with Crippen molar-refractivity contribution in [1.29, 1.82) is 0 Å². The van der Waals surface area contributed by atoms with E-state index in [-0.39, 0.29) is 5.91 Å². The van der Waals surface area contributed by atoms with Crippen molar-refractivity contribution in [3.63, 3.8) is 0 Å². The molecular weight excluding hydrogens is 319 g/mol.